The van der Waals surface area contributed by atoms with Crippen molar-refractivity contribution < 1.29 is 4.74 Å². The molecule has 6 heteroatoms. The second-order valence-corrected chi connectivity index (χ2v) is 3.50. The Morgan fingerprint density at radius 2 is 2.06 bits per heavy atom. The van der Waals surface area contributed by atoms with Crippen LogP contribution in [0.4, 0.5) is 0 Å². The highest BCUT2D eigenvalue weighted by atomic mass is 35.5. The first-order chi connectivity index (χ1) is 7.83. The van der Waals surface area contributed by atoms with Crippen LogP contribution >= 0.6 is 11.6 Å². The van der Waals surface area contributed by atoms with Crippen LogP contribution in [0.25, 0.3) is 0 Å². The molecule has 0 bridgehead atoms. The minimum atomic E-state index is 0.309. The Labute approximate surface area is 98.0 Å². The number of benzene rings is 1. The van der Waals surface area contributed by atoms with E-state index in [1.54, 1.807) is 11.8 Å². The molecule has 16 heavy (non-hydrogen) atoms. The number of hydrogen-bond acceptors (Lipinski definition) is 4. The van der Waals surface area contributed by atoms with Crippen molar-refractivity contribution >= 4 is 11.6 Å². The van der Waals surface area contributed by atoms with Gasteiger partial charge in [-0.1, -0.05) is 12.1 Å². The van der Waals surface area contributed by atoms with Gasteiger partial charge < -0.3 is 4.74 Å². The molecule has 0 atom stereocenters. The van der Waals surface area contributed by atoms with Crippen LogP contribution in [0.2, 0.25) is 0 Å². The first-order valence-electron chi connectivity index (χ1n) is 4.77. The van der Waals surface area contributed by atoms with E-state index in [4.69, 9.17) is 16.3 Å². The van der Waals surface area contributed by atoms with Gasteiger partial charge in [-0.3, -0.25) is 0 Å². The third kappa shape index (κ3) is 2.30. The largest absolute Gasteiger partial charge is 0.497 e. The predicted molar refractivity (Wildman–Crippen MR) is 59.5 cm³/mol. The molecule has 1 heterocycles. The van der Waals surface area contributed by atoms with E-state index in [1.165, 1.54) is 0 Å². The smallest absolute Gasteiger partial charge is 0.166 e. The molecule has 0 radical (unpaired) electrons. The van der Waals surface area contributed by atoms with Crippen LogP contribution in [0.5, 0.6) is 5.75 Å². The summed E-state index contributed by atoms with van der Waals surface area (Å²) >= 11 is 5.70. The molecule has 5 nitrogen and oxygen atoms in total. The monoisotopic (exact) mass is 238 g/mol. The van der Waals surface area contributed by atoms with Crippen molar-refractivity contribution in [3.8, 4) is 5.75 Å². The highest BCUT2D eigenvalue weighted by Crippen LogP contribution is 2.12. The summed E-state index contributed by atoms with van der Waals surface area (Å²) in [6.45, 7) is 0.610. The van der Waals surface area contributed by atoms with Crippen molar-refractivity contribution in [2.75, 3.05) is 7.11 Å². The van der Waals surface area contributed by atoms with Crippen LogP contribution in [-0.4, -0.2) is 27.3 Å². The number of alkyl halides is 1. The third-order valence-electron chi connectivity index (χ3n) is 2.22. The van der Waals surface area contributed by atoms with E-state index in [1.807, 2.05) is 24.3 Å². The van der Waals surface area contributed by atoms with Gasteiger partial charge in [0.2, 0.25) is 0 Å². The van der Waals surface area contributed by atoms with Gasteiger partial charge in [-0.05, 0) is 28.1 Å². The lowest BCUT2D eigenvalue weighted by atomic mass is 10.2. The fourth-order valence-corrected chi connectivity index (χ4v) is 1.54. The molecule has 1 aromatic carbocycles. The molecule has 0 fully saturated rings. The third-order valence-corrected chi connectivity index (χ3v) is 2.46. The maximum atomic E-state index is 5.70. The first-order valence-corrected chi connectivity index (χ1v) is 5.31. The molecular weight excluding hydrogens is 228 g/mol. The van der Waals surface area contributed by atoms with Gasteiger partial charge in [0.15, 0.2) is 5.82 Å². The summed E-state index contributed by atoms with van der Waals surface area (Å²) in [5, 5.41) is 11.3. The molecule has 2 rings (SSSR count). The van der Waals surface area contributed by atoms with Crippen LogP contribution in [0.1, 0.15) is 11.4 Å². The van der Waals surface area contributed by atoms with Crippen molar-refractivity contribution in [3.63, 3.8) is 0 Å². The maximum absolute atomic E-state index is 5.70. The summed E-state index contributed by atoms with van der Waals surface area (Å²) in [5.41, 5.74) is 1.10. The molecule has 0 saturated heterocycles. The zero-order chi connectivity index (χ0) is 11.4. The van der Waals surface area contributed by atoms with Crippen molar-refractivity contribution in [2.24, 2.45) is 0 Å². The van der Waals surface area contributed by atoms with Gasteiger partial charge in [0.1, 0.15) is 5.75 Å². The summed E-state index contributed by atoms with van der Waals surface area (Å²) in [5.74, 6) is 1.80. The Balaban J connectivity index is 2.14. The molecule has 84 valence electrons. The van der Waals surface area contributed by atoms with Crippen molar-refractivity contribution in [1.82, 2.24) is 20.2 Å². The summed E-state index contributed by atoms with van der Waals surface area (Å²) < 4.78 is 6.76. The van der Waals surface area contributed by atoms with Crippen molar-refractivity contribution in [2.45, 2.75) is 12.4 Å². The standard InChI is InChI=1S/C10H11ClN4O/c1-16-9-4-2-8(3-5-9)7-15-10(6-11)12-13-14-15/h2-5H,6-7H2,1H3. The molecule has 0 saturated carbocycles. The molecule has 0 spiro atoms. The Kier molecular flexibility index (Phi) is 3.36. The van der Waals surface area contributed by atoms with Crippen molar-refractivity contribution in [1.29, 1.82) is 0 Å². The van der Waals surface area contributed by atoms with E-state index < -0.39 is 0 Å². The van der Waals surface area contributed by atoms with Crippen LogP contribution in [-0.2, 0) is 12.4 Å². The molecule has 0 N–H and O–H groups in total. The topological polar surface area (TPSA) is 52.8 Å². The van der Waals surface area contributed by atoms with Gasteiger partial charge in [0.25, 0.3) is 0 Å². The fraction of sp³-hybridized carbons (Fsp3) is 0.300. The molecule has 0 unspecified atom stereocenters. The Morgan fingerprint density at radius 3 is 2.69 bits per heavy atom. The van der Waals surface area contributed by atoms with Crippen LogP contribution in [0.3, 0.4) is 0 Å². The second kappa shape index (κ2) is 4.94. The molecule has 0 aliphatic carbocycles. The van der Waals surface area contributed by atoms with E-state index in [0.717, 1.165) is 11.3 Å². The number of rotatable bonds is 4. The highest BCUT2D eigenvalue weighted by Gasteiger charge is 2.04. The molecule has 2 aromatic rings. The molecule has 0 aliphatic rings. The predicted octanol–water partition coefficient (Wildman–Crippen LogP) is 1.47. The molecule has 1 aromatic heterocycles. The first kappa shape index (κ1) is 10.9. The lowest BCUT2D eigenvalue weighted by Gasteiger charge is -2.04. The average molecular weight is 239 g/mol. The number of hydrogen-bond donors (Lipinski definition) is 0. The number of tetrazole rings is 1. The Morgan fingerprint density at radius 1 is 1.31 bits per heavy atom. The summed E-state index contributed by atoms with van der Waals surface area (Å²) in [4.78, 5) is 0. The number of ether oxygens (including phenoxy) is 1. The fourth-order valence-electron chi connectivity index (χ4n) is 1.35. The van der Waals surface area contributed by atoms with Crippen LogP contribution < -0.4 is 4.74 Å². The van der Waals surface area contributed by atoms with Crippen molar-refractivity contribution in [3.05, 3.63) is 35.7 Å². The second-order valence-electron chi connectivity index (χ2n) is 3.23. The molecule has 0 amide bonds. The number of halogens is 1. The van der Waals surface area contributed by atoms with E-state index in [0.29, 0.717) is 18.2 Å². The minimum Gasteiger partial charge on any atom is -0.497 e. The number of methoxy groups -OCH3 is 1. The van der Waals surface area contributed by atoms with Gasteiger partial charge in [-0.25, -0.2) is 4.68 Å². The Bertz CT molecular complexity index is 454. The summed E-state index contributed by atoms with van der Waals surface area (Å²) in [7, 11) is 1.64. The summed E-state index contributed by atoms with van der Waals surface area (Å²) in [6, 6.07) is 7.75. The maximum Gasteiger partial charge on any atom is 0.166 e. The van der Waals surface area contributed by atoms with Gasteiger partial charge >= 0.3 is 0 Å². The van der Waals surface area contributed by atoms with Gasteiger partial charge in [0, 0.05) is 0 Å². The van der Waals surface area contributed by atoms with E-state index in [2.05, 4.69) is 15.5 Å². The molecular formula is C10H11ClN4O. The van der Waals surface area contributed by atoms with Crippen LogP contribution in [0, 0.1) is 0 Å². The zero-order valence-electron chi connectivity index (χ0n) is 8.80. The number of nitrogens with zero attached hydrogens (tertiary/aromatic N) is 4. The van der Waals surface area contributed by atoms with E-state index in [9.17, 15) is 0 Å². The summed E-state index contributed by atoms with van der Waals surface area (Å²) in [6.07, 6.45) is 0. The number of aromatic nitrogens is 4. The van der Waals surface area contributed by atoms with E-state index >= 15 is 0 Å². The van der Waals surface area contributed by atoms with Gasteiger partial charge in [-0.2, -0.15) is 0 Å². The minimum absolute atomic E-state index is 0.309. The Hall–Kier alpha value is -1.62. The van der Waals surface area contributed by atoms with Gasteiger partial charge in [-0.15, -0.1) is 16.7 Å². The zero-order valence-corrected chi connectivity index (χ0v) is 9.55. The SMILES string of the molecule is COc1ccc(Cn2nnnc2CCl)cc1. The molecule has 0 aliphatic heterocycles. The quantitative estimate of drug-likeness (QED) is 0.757. The highest BCUT2D eigenvalue weighted by molar-refractivity contribution is 6.16. The van der Waals surface area contributed by atoms with Gasteiger partial charge in [0.05, 0.1) is 19.5 Å². The normalized spacial score (nSPS) is 10.4. The lowest BCUT2D eigenvalue weighted by molar-refractivity contribution is 0.414. The van der Waals surface area contributed by atoms with E-state index in [-0.39, 0.29) is 0 Å². The van der Waals surface area contributed by atoms with Crippen LogP contribution in [0.15, 0.2) is 24.3 Å². The lowest BCUT2D eigenvalue weighted by Crippen LogP contribution is -2.05. The average Bonchev–Trinajstić information content (AvgIpc) is 2.77.